The molecule has 0 fully saturated rings. The number of nitrogens with one attached hydrogen (secondary N) is 2. The van der Waals surface area contributed by atoms with Crippen molar-refractivity contribution in [2.75, 3.05) is 6.61 Å². The number of hydrogen-bond donors (Lipinski definition) is 2. The molecule has 31 heavy (non-hydrogen) atoms. The zero-order valence-corrected chi connectivity index (χ0v) is 17.5. The molecule has 160 valence electrons. The third-order valence-electron chi connectivity index (χ3n) is 4.57. The molecule has 0 bridgehead atoms. The molecule has 6 nitrogen and oxygen atoms in total. The quantitative estimate of drug-likeness (QED) is 0.514. The number of benzene rings is 3. The van der Waals surface area contributed by atoms with Crippen molar-refractivity contribution < 1.29 is 19.1 Å². The molecule has 0 saturated heterocycles. The first-order valence-corrected chi connectivity index (χ1v) is 10.2. The largest absolute Gasteiger partial charge is 0.494 e. The number of carbonyl (C=O) groups is 2. The van der Waals surface area contributed by atoms with Gasteiger partial charge >= 0.3 is 0 Å². The maximum absolute atomic E-state index is 12.3. The number of hydrogen-bond acceptors (Lipinski definition) is 4. The maximum atomic E-state index is 12.3. The normalized spacial score (nSPS) is 10.2. The van der Waals surface area contributed by atoms with Crippen molar-refractivity contribution in [3.05, 3.63) is 95.6 Å². The number of aryl methyl sites for hydroxylation is 1. The van der Waals surface area contributed by atoms with Crippen LogP contribution in [0.1, 0.15) is 34.8 Å². The Morgan fingerprint density at radius 3 is 2.26 bits per heavy atom. The van der Waals surface area contributed by atoms with Gasteiger partial charge in [0, 0.05) is 12.0 Å². The number of amides is 2. The van der Waals surface area contributed by atoms with E-state index in [1.807, 2.05) is 73.7 Å². The molecule has 0 aliphatic heterocycles. The summed E-state index contributed by atoms with van der Waals surface area (Å²) in [6, 6.07) is 24.2. The fourth-order valence-electron chi connectivity index (χ4n) is 2.95. The van der Waals surface area contributed by atoms with E-state index < -0.39 is 0 Å². The van der Waals surface area contributed by atoms with Gasteiger partial charge in [0.05, 0.1) is 6.61 Å². The van der Waals surface area contributed by atoms with Crippen LogP contribution in [0.25, 0.3) is 0 Å². The monoisotopic (exact) mass is 418 g/mol. The molecule has 0 aliphatic rings. The van der Waals surface area contributed by atoms with Gasteiger partial charge in [0.15, 0.2) is 0 Å². The van der Waals surface area contributed by atoms with Crippen molar-refractivity contribution in [2.45, 2.75) is 26.4 Å². The highest BCUT2D eigenvalue weighted by Gasteiger charge is 2.09. The van der Waals surface area contributed by atoms with Gasteiger partial charge in [-0.05, 0) is 54.8 Å². The Labute approximate surface area is 182 Å². The molecule has 2 N–H and O–H groups in total. The first-order valence-electron chi connectivity index (χ1n) is 10.2. The topological polar surface area (TPSA) is 76.7 Å². The van der Waals surface area contributed by atoms with Gasteiger partial charge in [-0.15, -0.1) is 0 Å². The highest BCUT2D eigenvalue weighted by atomic mass is 16.5. The lowest BCUT2D eigenvalue weighted by Gasteiger charge is -2.11. The summed E-state index contributed by atoms with van der Waals surface area (Å²) < 4.78 is 11.3. The molecule has 0 atom stereocenters. The molecule has 0 heterocycles. The molecule has 0 aromatic heterocycles. The molecular weight excluding hydrogens is 392 g/mol. The minimum absolute atomic E-state index is 0.236. The Bertz CT molecular complexity index is 988. The first kappa shape index (κ1) is 21.9. The summed E-state index contributed by atoms with van der Waals surface area (Å²) in [6.45, 7) is 2.89. The molecule has 0 radical (unpaired) electrons. The fraction of sp³-hybridized carbons (Fsp3) is 0.200. The third-order valence-corrected chi connectivity index (χ3v) is 4.57. The molecule has 0 saturated carbocycles. The predicted molar refractivity (Wildman–Crippen MR) is 119 cm³/mol. The van der Waals surface area contributed by atoms with E-state index in [0.717, 1.165) is 22.6 Å². The van der Waals surface area contributed by atoms with Crippen molar-refractivity contribution in [3.8, 4) is 11.5 Å². The van der Waals surface area contributed by atoms with Crippen LogP contribution in [0.15, 0.2) is 78.9 Å². The highest BCUT2D eigenvalue weighted by Crippen LogP contribution is 2.19. The van der Waals surface area contributed by atoms with Crippen LogP contribution in [-0.4, -0.2) is 18.4 Å². The van der Waals surface area contributed by atoms with Crippen LogP contribution < -0.4 is 20.3 Å². The predicted octanol–water partition coefficient (Wildman–Crippen LogP) is 4.06. The molecule has 3 aromatic carbocycles. The van der Waals surface area contributed by atoms with E-state index in [2.05, 4.69) is 10.9 Å². The van der Waals surface area contributed by atoms with E-state index in [4.69, 9.17) is 9.47 Å². The third kappa shape index (κ3) is 6.89. The van der Waals surface area contributed by atoms with Gasteiger partial charge in [-0.25, -0.2) is 0 Å². The summed E-state index contributed by atoms with van der Waals surface area (Å²) in [4.78, 5) is 24.4. The summed E-state index contributed by atoms with van der Waals surface area (Å²) >= 11 is 0. The van der Waals surface area contributed by atoms with Crippen LogP contribution >= 0.6 is 0 Å². The summed E-state index contributed by atoms with van der Waals surface area (Å²) in [5.41, 5.74) is 7.26. The molecule has 0 aliphatic carbocycles. The van der Waals surface area contributed by atoms with E-state index >= 15 is 0 Å². The molecular formula is C25H26N2O4. The van der Waals surface area contributed by atoms with Gasteiger partial charge in [0.1, 0.15) is 18.1 Å². The Balaban J connectivity index is 1.43. The van der Waals surface area contributed by atoms with Gasteiger partial charge in [-0.1, -0.05) is 48.5 Å². The lowest BCUT2D eigenvalue weighted by Crippen LogP contribution is -2.41. The van der Waals surface area contributed by atoms with E-state index in [0.29, 0.717) is 25.2 Å². The minimum atomic E-state index is -0.376. The molecule has 0 unspecified atom stereocenters. The summed E-state index contributed by atoms with van der Waals surface area (Å²) in [7, 11) is 0. The van der Waals surface area contributed by atoms with Crippen molar-refractivity contribution >= 4 is 11.8 Å². The number of para-hydroxylation sites is 2. The number of carbonyl (C=O) groups excluding carboxylic acids is 2. The lowest BCUT2D eigenvalue weighted by atomic mass is 10.1. The van der Waals surface area contributed by atoms with Crippen molar-refractivity contribution in [2.24, 2.45) is 0 Å². The van der Waals surface area contributed by atoms with E-state index in [1.54, 1.807) is 12.1 Å². The van der Waals surface area contributed by atoms with Gasteiger partial charge in [-0.3, -0.25) is 20.4 Å². The Hall–Kier alpha value is -3.80. The van der Waals surface area contributed by atoms with E-state index in [1.165, 1.54) is 0 Å². The van der Waals surface area contributed by atoms with Gasteiger partial charge in [-0.2, -0.15) is 0 Å². The SMILES string of the molecule is CCOc1ccccc1CCC(=O)NNC(=O)c1ccc(COc2ccccc2)cc1. The lowest BCUT2D eigenvalue weighted by molar-refractivity contribution is -0.121. The molecule has 3 aromatic rings. The van der Waals surface area contributed by atoms with Crippen molar-refractivity contribution in [3.63, 3.8) is 0 Å². The summed E-state index contributed by atoms with van der Waals surface area (Å²) in [6.07, 6.45) is 0.758. The summed E-state index contributed by atoms with van der Waals surface area (Å²) in [5, 5.41) is 0. The zero-order valence-electron chi connectivity index (χ0n) is 17.5. The second-order valence-corrected chi connectivity index (χ2v) is 6.84. The van der Waals surface area contributed by atoms with Crippen molar-refractivity contribution in [1.29, 1.82) is 0 Å². The Morgan fingerprint density at radius 2 is 1.52 bits per heavy atom. The van der Waals surface area contributed by atoms with E-state index in [9.17, 15) is 9.59 Å². The highest BCUT2D eigenvalue weighted by molar-refractivity contribution is 5.95. The average molecular weight is 418 g/mol. The fourth-order valence-corrected chi connectivity index (χ4v) is 2.95. The average Bonchev–Trinajstić information content (AvgIpc) is 2.82. The van der Waals surface area contributed by atoms with E-state index in [-0.39, 0.29) is 18.2 Å². The first-order chi connectivity index (χ1) is 15.2. The van der Waals surface area contributed by atoms with Gasteiger partial charge in [0.2, 0.25) is 5.91 Å². The second kappa shape index (κ2) is 11.4. The number of hydrazine groups is 1. The van der Waals surface area contributed by atoms with Crippen LogP contribution in [0.4, 0.5) is 0 Å². The molecule has 6 heteroatoms. The molecule has 2 amide bonds. The van der Waals surface area contributed by atoms with Crippen LogP contribution in [0.5, 0.6) is 11.5 Å². The zero-order chi connectivity index (χ0) is 21.9. The smallest absolute Gasteiger partial charge is 0.269 e. The Kier molecular flexibility index (Phi) is 8.05. The number of rotatable bonds is 9. The Morgan fingerprint density at radius 1 is 0.806 bits per heavy atom. The second-order valence-electron chi connectivity index (χ2n) is 6.84. The minimum Gasteiger partial charge on any atom is -0.494 e. The van der Waals surface area contributed by atoms with Crippen LogP contribution in [0.2, 0.25) is 0 Å². The van der Waals surface area contributed by atoms with Crippen LogP contribution in [-0.2, 0) is 17.8 Å². The number of ether oxygens (including phenoxy) is 2. The van der Waals surface area contributed by atoms with Gasteiger partial charge < -0.3 is 9.47 Å². The maximum Gasteiger partial charge on any atom is 0.269 e. The van der Waals surface area contributed by atoms with Gasteiger partial charge in [0.25, 0.3) is 5.91 Å². The van der Waals surface area contributed by atoms with Crippen LogP contribution in [0.3, 0.4) is 0 Å². The molecule has 0 spiro atoms. The molecule has 3 rings (SSSR count). The summed E-state index contributed by atoms with van der Waals surface area (Å²) in [5.74, 6) is 0.917. The standard InChI is InChI=1S/C25H26N2O4/c1-2-30-23-11-7-6-8-20(23)16-17-24(28)26-27-25(29)21-14-12-19(13-15-21)18-31-22-9-4-3-5-10-22/h3-15H,2,16-18H2,1H3,(H,26,28)(H,27,29). The van der Waals surface area contributed by atoms with Crippen molar-refractivity contribution in [1.82, 2.24) is 10.9 Å². The van der Waals surface area contributed by atoms with Crippen LogP contribution in [0, 0.1) is 0 Å².